The van der Waals surface area contributed by atoms with E-state index in [0.29, 0.717) is 0 Å². The van der Waals surface area contributed by atoms with Gasteiger partial charge in [-0.2, -0.15) is 0 Å². The molecular formula is C17H22Cl2N4O. The van der Waals surface area contributed by atoms with Crippen molar-refractivity contribution in [2.24, 2.45) is 0 Å². The van der Waals surface area contributed by atoms with Crippen molar-refractivity contribution in [2.45, 2.75) is 31.3 Å². The highest BCUT2D eigenvalue weighted by molar-refractivity contribution is 5.85. The Kier molecular flexibility index (Phi) is 5.91. The molecule has 2 aromatic rings. The summed E-state index contributed by atoms with van der Waals surface area (Å²) in [6.07, 6.45) is 4.47. The third kappa shape index (κ3) is 3.16. The molecule has 1 aliphatic carbocycles. The van der Waals surface area contributed by atoms with Crippen LogP contribution in [-0.2, 0) is 24.1 Å². The van der Waals surface area contributed by atoms with E-state index in [1.807, 2.05) is 11.9 Å². The topological polar surface area (TPSA) is 61.0 Å². The molecule has 1 aromatic heterocycles. The lowest BCUT2D eigenvalue weighted by molar-refractivity contribution is -0.134. The lowest BCUT2D eigenvalue weighted by atomic mass is 10.0. The average molecular weight is 369 g/mol. The number of benzene rings is 1. The van der Waals surface area contributed by atoms with Crippen LogP contribution in [0.1, 0.15) is 28.6 Å². The second-order valence-electron chi connectivity index (χ2n) is 6.18. The van der Waals surface area contributed by atoms with Crippen molar-refractivity contribution in [3.8, 4) is 0 Å². The first-order chi connectivity index (χ1) is 10.7. The average Bonchev–Trinajstić information content (AvgIpc) is 3.19. The normalized spacial score (nSPS) is 18.8. The van der Waals surface area contributed by atoms with Gasteiger partial charge in [0.2, 0.25) is 5.91 Å². The van der Waals surface area contributed by atoms with Crippen LogP contribution < -0.4 is 5.32 Å². The number of aromatic amines is 1. The molecule has 0 fully saturated rings. The molecule has 2 heterocycles. The first-order valence-corrected chi connectivity index (χ1v) is 7.83. The molecule has 5 nitrogen and oxygen atoms in total. The Morgan fingerprint density at radius 3 is 2.54 bits per heavy atom. The Morgan fingerprint density at radius 1 is 1.21 bits per heavy atom. The van der Waals surface area contributed by atoms with Crippen LogP contribution in [0.2, 0.25) is 0 Å². The minimum atomic E-state index is -0.316. The molecule has 7 heteroatoms. The second-order valence-corrected chi connectivity index (χ2v) is 6.18. The Balaban J connectivity index is 0.00000104. The first kappa shape index (κ1) is 18.8. The van der Waals surface area contributed by atoms with Crippen molar-refractivity contribution in [3.63, 3.8) is 0 Å². The van der Waals surface area contributed by atoms with Crippen molar-refractivity contribution in [3.05, 3.63) is 53.1 Å². The Morgan fingerprint density at radius 2 is 1.88 bits per heavy atom. The number of carbonyl (C=O) groups is 1. The van der Waals surface area contributed by atoms with Crippen LogP contribution in [-0.4, -0.2) is 40.4 Å². The second kappa shape index (κ2) is 7.55. The summed E-state index contributed by atoms with van der Waals surface area (Å²) in [5, 5.41) is 3.31. The number of H-pyrrole nitrogens is 1. The number of hydrogen-bond acceptors (Lipinski definition) is 3. The lowest BCUT2D eigenvalue weighted by Crippen LogP contribution is -2.46. The number of imidazole rings is 1. The molecule has 0 radical (unpaired) electrons. The van der Waals surface area contributed by atoms with Crippen molar-refractivity contribution in [1.29, 1.82) is 0 Å². The highest BCUT2D eigenvalue weighted by atomic mass is 35.5. The van der Waals surface area contributed by atoms with Gasteiger partial charge in [0.15, 0.2) is 0 Å². The van der Waals surface area contributed by atoms with Gasteiger partial charge in [0.05, 0.1) is 12.0 Å². The van der Waals surface area contributed by atoms with E-state index in [1.54, 1.807) is 6.33 Å². The minimum absolute atomic E-state index is 0. The quantitative estimate of drug-likeness (QED) is 0.852. The third-order valence-electron chi connectivity index (χ3n) is 4.92. The molecule has 1 aromatic carbocycles. The number of likely N-dealkylation sites (N-methyl/N-ethyl adjacent to an activating group) is 1. The summed E-state index contributed by atoms with van der Waals surface area (Å²) in [4.78, 5) is 22.3. The fraction of sp³-hybridized carbons (Fsp3) is 0.412. The number of aromatic nitrogens is 2. The summed E-state index contributed by atoms with van der Waals surface area (Å²) in [6, 6.07) is 8.40. The molecule has 0 bridgehead atoms. The maximum Gasteiger partial charge on any atom is 0.246 e. The molecule has 1 atom stereocenters. The summed E-state index contributed by atoms with van der Waals surface area (Å²) < 4.78 is 0. The number of halogens is 2. The van der Waals surface area contributed by atoms with Crippen LogP contribution in [0.25, 0.3) is 0 Å². The SMILES string of the molecule is CN(C(=O)C1NCCc2[nH]cnc21)C1Cc2ccccc2C1.Cl.Cl. The number of carbonyl (C=O) groups excluding carboxylic acids is 1. The smallest absolute Gasteiger partial charge is 0.246 e. The largest absolute Gasteiger partial charge is 0.348 e. The van der Waals surface area contributed by atoms with Crippen molar-refractivity contribution >= 4 is 30.7 Å². The van der Waals surface area contributed by atoms with Crippen molar-refractivity contribution < 1.29 is 4.79 Å². The van der Waals surface area contributed by atoms with Gasteiger partial charge in [0.1, 0.15) is 6.04 Å². The number of amides is 1. The van der Waals surface area contributed by atoms with Crippen molar-refractivity contribution in [2.75, 3.05) is 13.6 Å². The van der Waals surface area contributed by atoms with Gasteiger partial charge in [-0.25, -0.2) is 4.98 Å². The molecule has 2 N–H and O–H groups in total. The molecule has 1 aliphatic heterocycles. The molecule has 4 rings (SSSR count). The monoisotopic (exact) mass is 368 g/mol. The first-order valence-electron chi connectivity index (χ1n) is 7.83. The number of rotatable bonds is 2. The molecule has 130 valence electrons. The number of fused-ring (bicyclic) bond motifs is 2. The molecular weight excluding hydrogens is 347 g/mol. The molecule has 2 aliphatic rings. The molecule has 24 heavy (non-hydrogen) atoms. The number of nitrogens with zero attached hydrogens (tertiary/aromatic N) is 2. The number of hydrogen-bond donors (Lipinski definition) is 2. The predicted octanol–water partition coefficient (Wildman–Crippen LogP) is 2.07. The minimum Gasteiger partial charge on any atom is -0.348 e. The fourth-order valence-corrected chi connectivity index (χ4v) is 3.62. The Bertz CT molecular complexity index is 693. The zero-order chi connectivity index (χ0) is 15.1. The van der Waals surface area contributed by atoms with Crippen molar-refractivity contribution in [1.82, 2.24) is 20.2 Å². The predicted molar refractivity (Wildman–Crippen MR) is 97.9 cm³/mol. The van der Waals surface area contributed by atoms with E-state index in [2.05, 4.69) is 39.6 Å². The molecule has 0 spiro atoms. The molecule has 1 unspecified atom stereocenters. The lowest BCUT2D eigenvalue weighted by Gasteiger charge is -2.30. The van der Waals surface area contributed by atoms with E-state index in [0.717, 1.165) is 37.2 Å². The van der Waals surface area contributed by atoms with Gasteiger partial charge in [-0.15, -0.1) is 24.8 Å². The third-order valence-corrected chi connectivity index (χ3v) is 4.92. The zero-order valence-electron chi connectivity index (χ0n) is 13.5. The van der Waals surface area contributed by atoms with Crippen LogP contribution in [0.5, 0.6) is 0 Å². The standard InChI is InChI=1S/C17H20N4O.2ClH/c1-21(13-8-11-4-2-3-5-12(11)9-13)17(22)16-15-14(6-7-18-16)19-10-20-15;;/h2-5,10,13,16,18H,6-9H2,1H3,(H,19,20);2*1H. The summed E-state index contributed by atoms with van der Waals surface area (Å²) in [5.41, 5.74) is 4.67. The van der Waals surface area contributed by atoms with E-state index >= 15 is 0 Å². The Labute approximate surface area is 154 Å². The van der Waals surface area contributed by atoms with E-state index < -0.39 is 0 Å². The van der Waals surface area contributed by atoms with Crippen LogP contribution in [0.4, 0.5) is 0 Å². The maximum absolute atomic E-state index is 12.9. The maximum atomic E-state index is 12.9. The van der Waals surface area contributed by atoms with E-state index in [-0.39, 0.29) is 42.8 Å². The summed E-state index contributed by atoms with van der Waals surface area (Å²) in [5.74, 6) is 0.117. The summed E-state index contributed by atoms with van der Waals surface area (Å²) >= 11 is 0. The van der Waals surface area contributed by atoms with Gasteiger partial charge >= 0.3 is 0 Å². The summed E-state index contributed by atoms with van der Waals surface area (Å²) in [7, 11) is 1.92. The van der Waals surface area contributed by atoms with E-state index in [1.165, 1.54) is 11.1 Å². The van der Waals surface area contributed by atoms with Crippen LogP contribution in [0, 0.1) is 0 Å². The number of nitrogens with one attached hydrogen (secondary N) is 2. The highest BCUT2D eigenvalue weighted by Crippen LogP contribution is 2.27. The van der Waals surface area contributed by atoms with Gasteiger partial charge in [-0.3, -0.25) is 4.79 Å². The molecule has 0 saturated heterocycles. The van der Waals surface area contributed by atoms with Crippen LogP contribution >= 0.6 is 24.8 Å². The van der Waals surface area contributed by atoms with Gasteiger partial charge < -0.3 is 15.2 Å². The van der Waals surface area contributed by atoms with Gasteiger partial charge in [0.25, 0.3) is 0 Å². The van der Waals surface area contributed by atoms with Gasteiger partial charge in [-0.05, 0) is 24.0 Å². The highest BCUT2D eigenvalue weighted by Gasteiger charge is 2.34. The Hall–Kier alpha value is -1.56. The molecule has 1 amide bonds. The zero-order valence-corrected chi connectivity index (χ0v) is 15.1. The summed E-state index contributed by atoms with van der Waals surface area (Å²) in [6.45, 7) is 0.810. The molecule has 0 saturated carbocycles. The van der Waals surface area contributed by atoms with E-state index in [9.17, 15) is 4.79 Å². The van der Waals surface area contributed by atoms with Crippen LogP contribution in [0.15, 0.2) is 30.6 Å². The van der Waals surface area contributed by atoms with Gasteiger partial charge in [-0.1, -0.05) is 24.3 Å². The fourth-order valence-electron chi connectivity index (χ4n) is 3.62. The van der Waals surface area contributed by atoms with Crippen LogP contribution in [0.3, 0.4) is 0 Å². The van der Waals surface area contributed by atoms with E-state index in [4.69, 9.17) is 0 Å². The van der Waals surface area contributed by atoms with Gasteiger partial charge in [0, 0.05) is 31.7 Å².